The Kier molecular flexibility index (Phi) is 5.44. The van der Waals surface area contributed by atoms with Gasteiger partial charge < -0.3 is 15.0 Å². The molecule has 1 saturated heterocycles. The topological polar surface area (TPSA) is 100 Å². The average Bonchev–Trinajstić information content (AvgIpc) is 3.62. The summed E-state index contributed by atoms with van der Waals surface area (Å²) >= 11 is 6.47. The van der Waals surface area contributed by atoms with Gasteiger partial charge in [0.05, 0.1) is 29.1 Å². The van der Waals surface area contributed by atoms with Gasteiger partial charge in [-0.2, -0.15) is 5.10 Å². The molecule has 2 amide bonds. The maximum absolute atomic E-state index is 15.0. The SMILES string of the molecule is O=C(Nc1cc(Cl)c(-c2ccc(OCC3CC3)nc2)cc1F)N1C2CC[C@H]1Cc1cc(=O)[nH]nc12. The van der Waals surface area contributed by atoms with E-state index in [1.165, 1.54) is 25.0 Å². The maximum atomic E-state index is 15.0. The highest BCUT2D eigenvalue weighted by molar-refractivity contribution is 6.33. The van der Waals surface area contributed by atoms with Crippen LogP contribution in [0.15, 0.2) is 41.3 Å². The minimum atomic E-state index is -0.598. The normalized spacial score (nSPS) is 20.5. The number of H-pyrrole nitrogens is 1. The summed E-state index contributed by atoms with van der Waals surface area (Å²) in [5, 5.41) is 9.60. The summed E-state index contributed by atoms with van der Waals surface area (Å²) in [5.74, 6) is 0.550. The number of carbonyl (C=O) groups excluding carboxylic acids is 1. The summed E-state index contributed by atoms with van der Waals surface area (Å²) in [5.41, 5.74) is 2.43. The number of urea groups is 1. The van der Waals surface area contributed by atoms with Crippen LogP contribution in [-0.2, 0) is 6.42 Å². The standard InChI is InChI=1S/C25H23ClFN5O3/c26-18-10-20(19(27)9-17(18)14-3-6-23(28-11-14)35-12-13-1-2-13)29-25(34)32-16-4-5-21(32)24-15(7-16)8-22(33)30-31-24/h3,6,8-11,13,16,21H,1-2,4-5,7,12H2,(H,29,34)(H,30,33)/t16-,21?/m0/s1. The van der Waals surface area contributed by atoms with E-state index in [2.05, 4.69) is 20.5 Å². The van der Waals surface area contributed by atoms with Crippen LogP contribution in [0, 0.1) is 11.7 Å². The number of nitrogens with one attached hydrogen (secondary N) is 2. The number of pyridine rings is 1. The summed E-state index contributed by atoms with van der Waals surface area (Å²) in [6, 6.07) is 7.04. The molecule has 1 unspecified atom stereocenters. The van der Waals surface area contributed by atoms with E-state index in [9.17, 15) is 9.59 Å². The number of anilines is 1. The van der Waals surface area contributed by atoms with Gasteiger partial charge in [0.25, 0.3) is 5.56 Å². The van der Waals surface area contributed by atoms with Gasteiger partial charge in [-0.15, -0.1) is 0 Å². The number of benzene rings is 1. The molecule has 2 fully saturated rings. The second kappa shape index (κ2) is 8.64. The fraction of sp³-hybridized carbons (Fsp3) is 0.360. The Morgan fingerprint density at radius 2 is 2.09 bits per heavy atom. The minimum Gasteiger partial charge on any atom is -0.477 e. The largest absolute Gasteiger partial charge is 0.477 e. The van der Waals surface area contributed by atoms with Gasteiger partial charge in [-0.1, -0.05) is 11.6 Å². The van der Waals surface area contributed by atoms with Crippen molar-refractivity contribution in [1.29, 1.82) is 0 Å². The van der Waals surface area contributed by atoms with E-state index < -0.39 is 11.8 Å². The van der Waals surface area contributed by atoms with Gasteiger partial charge in [0.2, 0.25) is 5.88 Å². The molecule has 1 saturated carbocycles. The molecule has 2 bridgehead atoms. The van der Waals surface area contributed by atoms with E-state index in [1.807, 2.05) is 0 Å². The highest BCUT2D eigenvalue weighted by Gasteiger charge is 2.44. The van der Waals surface area contributed by atoms with Crippen molar-refractivity contribution in [3.05, 3.63) is 69.0 Å². The number of ether oxygens (including phenoxy) is 1. The van der Waals surface area contributed by atoms with Crippen molar-refractivity contribution >= 4 is 23.3 Å². The van der Waals surface area contributed by atoms with Crippen molar-refractivity contribution in [1.82, 2.24) is 20.1 Å². The highest BCUT2D eigenvalue weighted by atomic mass is 35.5. The lowest BCUT2D eigenvalue weighted by molar-refractivity contribution is 0.177. The van der Waals surface area contributed by atoms with Crippen LogP contribution in [0.4, 0.5) is 14.9 Å². The van der Waals surface area contributed by atoms with Crippen molar-refractivity contribution in [3.63, 3.8) is 0 Å². The molecule has 2 atom stereocenters. The first kappa shape index (κ1) is 22.0. The molecule has 1 aromatic carbocycles. The number of aromatic amines is 1. The van der Waals surface area contributed by atoms with E-state index in [1.54, 1.807) is 29.3 Å². The molecule has 8 nitrogen and oxygen atoms in total. The Morgan fingerprint density at radius 3 is 2.86 bits per heavy atom. The molecule has 10 heteroatoms. The molecule has 4 heterocycles. The van der Waals surface area contributed by atoms with Gasteiger partial charge in [0.15, 0.2) is 0 Å². The van der Waals surface area contributed by atoms with Crippen LogP contribution < -0.4 is 15.6 Å². The number of hydrogen-bond donors (Lipinski definition) is 2. The molecule has 180 valence electrons. The van der Waals surface area contributed by atoms with E-state index in [4.69, 9.17) is 16.3 Å². The lowest BCUT2D eigenvalue weighted by Crippen LogP contribution is -2.45. The van der Waals surface area contributed by atoms with Crippen LogP contribution in [0.5, 0.6) is 5.88 Å². The number of fused-ring (bicyclic) bond motifs is 4. The molecule has 3 aromatic rings. The predicted molar refractivity (Wildman–Crippen MR) is 128 cm³/mol. The zero-order chi connectivity index (χ0) is 24.1. The van der Waals surface area contributed by atoms with Gasteiger partial charge in [-0.25, -0.2) is 19.3 Å². The van der Waals surface area contributed by atoms with Crippen LogP contribution in [-0.4, -0.2) is 38.8 Å². The number of nitrogens with zero attached hydrogens (tertiary/aromatic N) is 3. The fourth-order valence-electron chi connectivity index (χ4n) is 4.97. The molecule has 1 aliphatic carbocycles. The van der Waals surface area contributed by atoms with Crippen molar-refractivity contribution in [2.75, 3.05) is 11.9 Å². The van der Waals surface area contributed by atoms with Crippen molar-refractivity contribution in [2.45, 2.75) is 44.2 Å². The number of halogens is 2. The summed E-state index contributed by atoms with van der Waals surface area (Å²) in [6.45, 7) is 0.661. The summed E-state index contributed by atoms with van der Waals surface area (Å²) in [7, 11) is 0. The first-order valence-electron chi connectivity index (χ1n) is 11.7. The summed E-state index contributed by atoms with van der Waals surface area (Å²) in [4.78, 5) is 30.8. The first-order chi connectivity index (χ1) is 17.0. The third-order valence-electron chi connectivity index (χ3n) is 6.94. The number of carbonyl (C=O) groups is 1. The lowest BCUT2D eigenvalue weighted by Gasteiger charge is -2.35. The smallest absolute Gasteiger partial charge is 0.322 e. The second-order valence-corrected chi connectivity index (χ2v) is 9.79. The average molecular weight is 496 g/mol. The Balaban J connectivity index is 1.19. The molecule has 0 radical (unpaired) electrons. The van der Waals surface area contributed by atoms with Crippen LogP contribution in [0.2, 0.25) is 5.02 Å². The van der Waals surface area contributed by atoms with Gasteiger partial charge in [0, 0.05) is 35.5 Å². The molecular weight excluding hydrogens is 473 g/mol. The number of aromatic nitrogens is 3. The van der Waals surface area contributed by atoms with Crippen molar-refractivity contribution in [3.8, 4) is 17.0 Å². The fourth-order valence-corrected chi connectivity index (χ4v) is 5.25. The highest BCUT2D eigenvalue weighted by Crippen LogP contribution is 2.43. The predicted octanol–water partition coefficient (Wildman–Crippen LogP) is 4.71. The number of hydrogen-bond acceptors (Lipinski definition) is 5. The Bertz CT molecular complexity index is 1360. The van der Waals surface area contributed by atoms with Gasteiger partial charge >= 0.3 is 6.03 Å². The first-order valence-corrected chi connectivity index (χ1v) is 12.1. The van der Waals surface area contributed by atoms with E-state index in [0.29, 0.717) is 46.7 Å². The van der Waals surface area contributed by atoms with Crippen LogP contribution in [0.3, 0.4) is 0 Å². The van der Waals surface area contributed by atoms with Crippen molar-refractivity contribution in [2.24, 2.45) is 5.92 Å². The van der Waals surface area contributed by atoms with Crippen LogP contribution >= 0.6 is 11.6 Å². The molecule has 2 aliphatic heterocycles. The van der Waals surface area contributed by atoms with E-state index in [-0.39, 0.29) is 23.3 Å². The molecular formula is C25H23ClFN5O3. The molecule has 2 N–H and O–H groups in total. The number of rotatable bonds is 5. The molecule has 6 rings (SSSR count). The van der Waals surface area contributed by atoms with E-state index in [0.717, 1.165) is 18.4 Å². The summed E-state index contributed by atoms with van der Waals surface area (Å²) in [6.07, 6.45) is 6.06. The number of amides is 2. The third kappa shape index (κ3) is 4.25. The van der Waals surface area contributed by atoms with Gasteiger partial charge in [-0.3, -0.25) is 4.79 Å². The van der Waals surface area contributed by atoms with Crippen LogP contribution in [0.25, 0.3) is 11.1 Å². The minimum absolute atomic E-state index is 0.000667. The quantitative estimate of drug-likeness (QED) is 0.534. The zero-order valence-corrected chi connectivity index (χ0v) is 19.5. The third-order valence-corrected chi connectivity index (χ3v) is 7.25. The second-order valence-electron chi connectivity index (χ2n) is 9.38. The maximum Gasteiger partial charge on any atom is 0.322 e. The molecule has 3 aliphatic rings. The van der Waals surface area contributed by atoms with Crippen LogP contribution in [0.1, 0.15) is 43.0 Å². The Morgan fingerprint density at radius 1 is 1.23 bits per heavy atom. The van der Waals surface area contributed by atoms with E-state index >= 15 is 4.39 Å². The van der Waals surface area contributed by atoms with Gasteiger partial charge in [0.1, 0.15) is 5.82 Å². The molecule has 35 heavy (non-hydrogen) atoms. The monoisotopic (exact) mass is 495 g/mol. The van der Waals surface area contributed by atoms with Crippen molar-refractivity contribution < 1.29 is 13.9 Å². The van der Waals surface area contributed by atoms with Gasteiger partial charge in [-0.05, 0) is 61.8 Å². The lowest BCUT2D eigenvalue weighted by atomic mass is 9.99. The molecule has 2 aromatic heterocycles. The summed E-state index contributed by atoms with van der Waals surface area (Å²) < 4.78 is 20.7. The molecule has 0 spiro atoms. The Hall–Kier alpha value is -3.46. The Labute approximate surface area is 205 Å². The zero-order valence-electron chi connectivity index (χ0n) is 18.8.